The van der Waals surface area contributed by atoms with Crippen LogP contribution in [0.3, 0.4) is 0 Å². The average Bonchev–Trinajstić information content (AvgIpc) is 2.09. The molecule has 0 fully saturated rings. The van der Waals surface area contributed by atoms with Crippen molar-refractivity contribution in [2.24, 2.45) is 11.8 Å². The normalized spacial score (nSPS) is 16.4. The Bertz CT molecular complexity index is 177. The SMILES string of the molecule is NOB(ON)C1=CC=CCC1. The lowest BCUT2D eigenvalue weighted by molar-refractivity contribution is 0.210. The molecule has 0 saturated heterocycles. The third kappa shape index (κ3) is 2.16. The highest BCUT2D eigenvalue weighted by Crippen LogP contribution is 2.14. The summed E-state index contributed by atoms with van der Waals surface area (Å²) in [5, 5.41) is 0. The van der Waals surface area contributed by atoms with E-state index < -0.39 is 7.12 Å². The van der Waals surface area contributed by atoms with E-state index in [9.17, 15) is 0 Å². The van der Waals surface area contributed by atoms with Gasteiger partial charge in [-0.1, -0.05) is 18.2 Å². The van der Waals surface area contributed by atoms with Gasteiger partial charge in [0, 0.05) is 0 Å². The molecular formula is C6H11BN2O2. The molecule has 5 heteroatoms. The van der Waals surface area contributed by atoms with Gasteiger partial charge in [0.15, 0.2) is 0 Å². The van der Waals surface area contributed by atoms with Crippen LogP contribution in [0.1, 0.15) is 12.8 Å². The van der Waals surface area contributed by atoms with Crippen molar-refractivity contribution < 1.29 is 9.51 Å². The number of allylic oxidation sites excluding steroid dienone is 4. The summed E-state index contributed by atoms with van der Waals surface area (Å²) in [5.74, 6) is 9.89. The predicted octanol–water partition coefficient (Wildman–Crippen LogP) is 0.0708. The second-order valence-corrected chi connectivity index (χ2v) is 2.31. The summed E-state index contributed by atoms with van der Waals surface area (Å²) < 4.78 is 8.98. The molecule has 0 radical (unpaired) electrons. The van der Waals surface area contributed by atoms with E-state index in [2.05, 4.69) is 15.6 Å². The molecule has 0 aromatic carbocycles. The van der Waals surface area contributed by atoms with Gasteiger partial charge in [0.1, 0.15) is 0 Å². The number of nitrogens with two attached hydrogens (primary N) is 2. The van der Waals surface area contributed by atoms with Gasteiger partial charge in [-0.05, 0) is 18.3 Å². The van der Waals surface area contributed by atoms with Crippen LogP contribution < -0.4 is 11.8 Å². The fraction of sp³-hybridized carbons (Fsp3) is 0.333. The Kier molecular flexibility index (Phi) is 3.32. The molecule has 60 valence electrons. The van der Waals surface area contributed by atoms with Gasteiger partial charge in [-0.3, -0.25) is 0 Å². The third-order valence-corrected chi connectivity index (χ3v) is 1.60. The summed E-state index contributed by atoms with van der Waals surface area (Å²) >= 11 is 0. The molecule has 0 aromatic rings. The van der Waals surface area contributed by atoms with Gasteiger partial charge in [-0.15, -0.1) is 0 Å². The van der Waals surface area contributed by atoms with E-state index in [0.29, 0.717) is 0 Å². The van der Waals surface area contributed by atoms with Crippen molar-refractivity contribution in [1.29, 1.82) is 0 Å². The highest BCUT2D eigenvalue weighted by atomic mass is 16.7. The van der Waals surface area contributed by atoms with Crippen LogP contribution in [0.15, 0.2) is 23.7 Å². The first-order valence-electron chi connectivity index (χ1n) is 3.45. The molecular weight excluding hydrogens is 143 g/mol. The van der Waals surface area contributed by atoms with Crippen LogP contribution in [0.2, 0.25) is 0 Å². The summed E-state index contributed by atoms with van der Waals surface area (Å²) in [7, 11) is -0.597. The van der Waals surface area contributed by atoms with E-state index in [1.807, 2.05) is 12.2 Å². The predicted molar refractivity (Wildman–Crippen MR) is 42.8 cm³/mol. The molecule has 1 aliphatic rings. The zero-order chi connectivity index (χ0) is 8.10. The van der Waals surface area contributed by atoms with Gasteiger partial charge in [-0.25, -0.2) is 11.8 Å². The topological polar surface area (TPSA) is 70.5 Å². The first-order valence-corrected chi connectivity index (χ1v) is 3.45. The molecule has 4 nitrogen and oxygen atoms in total. The molecule has 0 bridgehead atoms. The highest BCUT2D eigenvalue weighted by Gasteiger charge is 2.22. The molecule has 1 rings (SSSR count). The first-order chi connectivity index (χ1) is 5.38. The number of hydrogen-bond acceptors (Lipinski definition) is 4. The maximum atomic E-state index is 4.94. The van der Waals surface area contributed by atoms with Crippen molar-refractivity contribution in [3.05, 3.63) is 23.7 Å². The fourth-order valence-electron chi connectivity index (χ4n) is 1.02. The van der Waals surface area contributed by atoms with E-state index in [1.165, 1.54) is 0 Å². The maximum absolute atomic E-state index is 4.94. The van der Waals surface area contributed by atoms with Crippen molar-refractivity contribution in [2.75, 3.05) is 0 Å². The molecule has 0 spiro atoms. The molecule has 0 atom stereocenters. The van der Waals surface area contributed by atoms with Gasteiger partial charge >= 0.3 is 7.12 Å². The summed E-state index contributed by atoms with van der Waals surface area (Å²) in [4.78, 5) is 0. The fourth-order valence-corrected chi connectivity index (χ4v) is 1.02. The van der Waals surface area contributed by atoms with Crippen LogP contribution in [0.25, 0.3) is 0 Å². The molecule has 0 amide bonds. The molecule has 0 aromatic heterocycles. The highest BCUT2D eigenvalue weighted by molar-refractivity contribution is 6.53. The zero-order valence-corrected chi connectivity index (χ0v) is 6.19. The Morgan fingerprint density at radius 2 is 2.09 bits per heavy atom. The van der Waals surface area contributed by atoms with Crippen LogP contribution in [0, 0.1) is 0 Å². The molecule has 0 aliphatic heterocycles. The lowest BCUT2D eigenvalue weighted by atomic mass is 9.74. The Hall–Kier alpha value is -0.615. The second-order valence-electron chi connectivity index (χ2n) is 2.31. The van der Waals surface area contributed by atoms with Gasteiger partial charge in [0.2, 0.25) is 0 Å². The van der Waals surface area contributed by atoms with Gasteiger partial charge in [-0.2, -0.15) is 0 Å². The van der Waals surface area contributed by atoms with Crippen molar-refractivity contribution in [2.45, 2.75) is 12.8 Å². The monoisotopic (exact) mass is 154 g/mol. The minimum atomic E-state index is -0.597. The molecule has 4 N–H and O–H groups in total. The Morgan fingerprint density at radius 1 is 1.36 bits per heavy atom. The smallest absolute Gasteiger partial charge is 0.324 e. The van der Waals surface area contributed by atoms with Crippen LogP contribution in [0.4, 0.5) is 0 Å². The minimum Gasteiger partial charge on any atom is -0.324 e. The van der Waals surface area contributed by atoms with Crippen molar-refractivity contribution in [1.82, 2.24) is 0 Å². The van der Waals surface area contributed by atoms with E-state index in [-0.39, 0.29) is 0 Å². The van der Waals surface area contributed by atoms with E-state index in [0.717, 1.165) is 18.3 Å². The molecule has 1 aliphatic carbocycles. The Balaban J connectivity index is 2.56. The third-order valence-electron chi connectivity index (χ3n) is 1.60. The van der Waals surface area contributed by atoms with Crippen molar-refractivity contribution in [3.63, 3.8) is 0 Å². The summed E-state index contributed by atoms with van der Waals surface area (Å²) in [5.41, 5.74) is 0.970. The van der Waals surface area contributed by atoms with Crippen molar-refractivity contribution in [3.8, 4) is 0 Å². The van der Waals surface area contributed by atoms with Gasteiger partial charge in [0.05, 0.1) is 0 Å². The lowest BCUT2D eigenvalue weighted by Gasteiger charge is -2.12. The van der Waals surface area contributed by atoms with Crippen LogP contribution in [-0.2, 0) is 9.51 Å². The maximum Gasteiger partial charge on any atom is 0.523 e. The summed E-state index contributed by atoms with van der Waals surface area (Å²) in [6.07, 6.45) is 7.76. The summed E-state index contributed by atoms with van der Waals surface area (Å²) in [6.45, 7) is 0. The Morgan fingerprint density at radius 3 is 2.55 bits per heavy atom. The average molecular weight is 154 g/mol. The Labute approximate surface area is 65.9 Å². The second kappa shape index (κ2) is 4.30. The first kappa shape index (κ1) is 8.48. The molecule has 0 unspecified atom stereocenters. The summed E-state index contributed by atoms with van der Waals surface area (Å²) in [6, 6.07) is 0. The van der Waals surface area contributed by atoms with Crippen LogP contribution >= 0.6 is 0 Å². The van der Waals surface area contributed by atoms with Crippen LogP contribution in [-0.4, -0.2) is 7.12 Å². The van der Waals surface area contributed by atoms with E-state index in [1.54, 1.807) is 0 Å². The van der Waals surface area contributed by atoms with Gasteiger partial charge < -0.3 is 9.51 Å². The zero-order valence-electron chi connectivity index (χ0n) is 6.19. The van der Waals surface area contributed by atoms with Gasteiger partial charge in [0.25, 0.3) is 0 Å². The standard InChI is InChI=1S/C6H11BN2O2/c8-10-7(11-9)6-4-2-1-3-5-6/h1-2,4H,3,5,8-9H2. The van der Waals surface area contributed by atoms with E-state index >= 15 is 0 Å². The minimum absolute atomic E-state index is 0.597. The molecule has 0 heterocycles. The van der Waals surface area contributed by atoms with Crippen LogP contribution in [0.5, 0.6) is 0 Å². The molecule has 11 heavy (non-hydrogen) atoms. The molecule has 0 saturated carbocycles. The van der Waals surface area contributed by atoms with Crippen molar-refractivity contribution >= 4 is 7.12 Å². The largest absolute Gasteiger partial charge is 0.523 e. The number of hydrogen-bond donors (Lipinski definition) is 2. The quantitative estimate of drug-likeness (QED) is 0.445. The lowest BCUT2D eigenvalue weighted by Crippen LogP contribution is -2.32. The number of rotatable bonds is 3. The van der Waals surface area contributed by atoms with E-state index in [4.69, 9.17) is 11.8 Å².